The molecule has 0 aliphatic rings. The number of anilines is 2. The number of amides is 2. The average molecular weight is 425 g/mol. The second kappa shape index (κ2) is 10.8. The van der Waals surface area contributed by atoms with Gasteiger partial charge in [0, 0.05) is 29.9 Å². The standard InChI is InChI=1S/C20H22Cl2N2O4/c1-3-27-20(26)24(2)16-9-7-15(8-10-16)23-19(25)5-4-12-28-18-11-6-14(21)13-17(18)22/h6-11,13H,3-5,12H2,1-2H3,(H,23,25). The monoisotopic (exact) mass is 424 g/mol. The third-order valence-corrected chi connectivity index (χ3v) is 4.31. The van der Waals surface area contributed by atoms with Crippen LogP contribution in [0.3, 0.4) is 0 Å². The van der Waals surface area contributed by atoms with E-state index < -0.39 is 6.09 Å². The molecule has 2 amide bonds. The van der Waals surface area contributed by atoms with Gasteiger partial charge in [0.1, 0.15) is 5.75 Å². The Labute approximate surface area is 174 Å². The third kappa shape index (κ3) is 6.62. The van der Waals surface area contributed by atoms with Gasteiger partial charge in [-0.2, -0.15) is 0 Å². The van der Waals surface area contributed by atoms with Gasteiger partial charge in [0.05, 0.1) is 18.2 Å². The van der Waals surface area contributed by atoms with Crippen LogP contribution >= 0.6 is 23.2 Å². The van der Waals surface area contributed by atoms with Crippen molar-refractivity contribution in [2.45, 2.75) is 19.8 Å². The van der Waals surface area contributed by atoms with Crippen LogP contribution in [0.15, 0.2) is 42.5 Å². The number of hydrogen-bond acceptors (Lipinski definition) is 4. The summed E-state index contributed by atoms with van der Waals surface area (Å²) in [6, 6.07) is 11.9. The van der Waals surface area contributed by atoms with Gasteiger partial charge < -0.3 is 14.8 Å². The molecule has 0 fully saturated rings. The van der Waals surface area contributed by atoms with Crippen molar-refractivity contribution < 1.29 is 19.1 Å². The lowest BCUT2D eigenvalue weighted by Crippen LogP contribution is -2.26. The van der Waals surface area contributed by atoms with Crippen LogP contribution in [0.2, 0.25) is 10.0 Å². The SMILES string of the molecule is CCOC(=O)N(C)c1ccc(NC(=O)CCCOc2ccc(Cl)cc2Cl)cc1. The Morgan fingerprint density at radius 2 is 1.82 bits per heavy atom. The number of nitrogens with zero attached hydrogens (tertiary/aromatic N) is 1. The quantitative estimate of drug-likeness (QED) is 0.577. The molecule has 28 heavy (non-hydrogen) atoms. The van der Waals surface area contributed by atoms with E-state index in [-0.39, 0.29) is 5.91 Å². The van der Waals surface area contributed by atoms with Crippen LogP contribution in [0.25, 0.3) is 0 Å². The first-order chi connectivity index (χ1) is 13.4. The van der Waals surface area contributed by atoms with Crippen LogP contribution in [-0.4, -0.2) is 32.3 Å². The second-order valence-corrected chi connectivity index (χ2v) is 6.72. The van der Waals surface area contributed by atoms with Crippen molar-refractivity contribution >= 4 is 46.6 Å². The van der Waals surface area contributed by atoms with Crippen LogP contribution in [-0.2, 0) is 9.53 Å². The molecule has 0 aromatic heterocycles. The van der Waals surface area contributed by atoms with Gasteiger partial charge in [0.25, 0.3) is 0 Å². The Morgan fingerprint density at radius 1 is 1.11 bits per heavy atom. The van der Waals surface area contributed by atoms with Gasteiger partial charge in [-0.1, -0.05) is 23.2 Å². The molecule has 8 heteroatoms. The van der Waals surface area contributed by atoms with Gasteiger partial charge in [-0.25, -0.2) is 4.79 Å². The fraction of sp³-hybridized carbons (Fsp3) is 0.300. The molecule has 0 heterocycles. The first-order valence-electron chi connectivity index (χ1n) is 8.79. The minimum absolute atomic E-state index is 0.127. The molecule has 150 valence electrons. The number of carbonyl (C=O) groups excluding carboxylic acids is 2. The van der Waals surface area contributed by atoms with Crippen LogP contribution < -0.4 is 15.0 Å². The largest absolute Gasteiger partial charge is 0.492 e. The fourth-order valence-electron chi connectivity index (χ4n) is 2.32. The van der Waals surface area contributed by atoms with E-state index in [4.69, 9.17) is 32.7 Å². The van der Waals surface area contributed by atoms with Crippen molar-refractivity contribution in [1.29, 1.82) is 0 Å². The van der Waals surface area contributed by atoms with E-state index in [1.165, 1.54) is 4.90 Å². The smallest absolute Gasteiger partial charge is 0.413 e. The zero-order valence-corrected chi connectivity index (χ0v) is 17.2. The summed E-state index contributed by atoms with van der Waals surface area (Å²) in [6.45, 7) is 2.42. The Balaban J connectivity index is 1.76. The lowest BCUT2D eigenvalue weighted by molar-refractivity contribution is -0.116. The molecular formula is C20H22Cl2N2O4. The molecule has 0 saturated heterocycles. The molecule has 0 unspecified atom stereocenters. The Bertz CT molecular complexity index is 812. The zero-order valence-electron chi connectivity index (χ0n) is 15.7. The summed E-state index contributed by atoms with van der Waals surface area (Å²) in [5, 5.41) is 3.78. The molecule has 0 aliphatic carbocycles. The molecule has 0 atom stereocenters. The molecule has 6 nitrogen and oxygen atoms in total. The van der Waals surface area contributed by atoms with Crippen molar-refractivity contribution in [3.05, 3.63) is 52.5 Å². The molecule has 1 N–H and O–H groups in total. The highest BCUT2D eigenvalue weighted by Crippen LogP contribution is 2.27. The maximum Gasteiger partial charge on any atom is 0.413 e. The number of hydrogen-bond donors (Lipinski definition) is 1. The molecule has 0 spiro atoms. The maximum absolute atomic E-state index is 12.1. The summed E-state index contributed by atoms with van der Waals surface area (Å²) in [5.74, 6) is 0.407. The Kier molecular flexibility index (Phi) is 8.42. The highest BCUT2D eigenvalue weighted by Gasteiger charge is 2.11. The first-order valence-corrected chi connectivity index (χ1v) is 9.54. The lowest BCUT2D eigenvalue weighted by Gasteiger charge is -2.17. The minimum Gasteiger partial charge on any atom is -0.492 e. The number of ether oxygens (including phenoxy) is 2. The summed E-state index contributed by atoms with van der Waals surface area (Å²) < 4.78 is 10.5. The average Bonchev–Trinajstić information content (AvgIpc) is 2.67. The van der Waals surface area contributed by atoms with E-state index in [2.05, 4.69) is 5.32 Å². The van der Waals surface area contributed by atoms with Crippen LogP contribution in [0.5, 0.6) is 5.75 Å². The summed E-state index contributed by atoms with van der Waals surface area (Å²) in [7, 11) is 1.62. The van der Waals surface area contributed by atoms with E-state index >= 15 is 0 Å². The van der Waals surface area contributed by atoms with E-state index in [0.29, 0.717) is 53.2 Å². The number of rotatable bonds is 8. The summed E-state index contributed by atoms with van der Waals surface area (Å²) in [5.41, 5.74) is 1.32. The number of nitrogens with one attached hydrogen (secondary N) is 1. The van der Waals surface area contributed by atoms with Crippen LogP contribution in [0.4, 0.5) is 16.2 Å². The van der Waals surface area contributed by atoms with E-state index in [0.717, 1.165) is 0 Å². The van der Waals surface area contributed by atoms with Gasteiger partial charge in [-0.05, 0) is 55.8 Å². The number of halogens is 2. The zero-order chi connectivity index (χ0) is 20.5. The molecule has 0 bridgehead atoms. The first kappa shape index (κ1) is 21.9. The van der Waals surface area contributed by atoms with Gasteiger partial charge in [0.15, 0.2) is 0 Å². The van der Waals surface area contributed by atoms with Crippen molar-refractivity contribution in [1.82, 2.24) is 0 Å². The highest BCUT2D eigenvalue weighted by molar-refractivity contribution is 6.35. The van der Waals surface area contributed by atoms with Crippen molar-refractivity contribution in [2.24, 2.45) is 0 Å². The van der Waals surface area contributed by atoms with E-state index in [9.17, 15) is 9.59 Å². The van der Waals surface area contributed by atoms with Crippen LogP contribution in [0, 0.1) is 0 Å². The van der Waals surface area contributed by atoms with Crippen molar-refractivity contribution in [2.75, 3.05) is 30.5 Å². The lowest BCUT2D eigenvalue weighted by atomic mass is 10.2. The predicted octanol–water partition coefficient (Wildman–Crippen LogP) is 5.38. The van der Waals surface area contributed by atoms with Gasteiger partial charge in [0.2, 0.25) is 5.91 Å². The highest BCUT2D eigenvalue weighted by atomic mass is 35.5. The normalized spacial score (nSPS) is 10.3. The molecule has 0 aliphatic heterocycles. The molecule has 2 aromatic carbocycles. The van der Waals surface area contributed by atoms with E-state index in [1.54, 1.807) is 56.4 Å². The Morgan fingerprint density at radius 3 is 2.46 bits per heavy atom. The van der Waals surface area contributed by atoms with Crippen molar-refractivity contribution in [3.63, 3.8) is 0 Å². The van der Waals surface area contributed by atoms with E-state index in [1.807, 2.05) is 0 Å². The van der Waals surface area contributed by atoms with Crippen molar-refractivity contribution in [3.8, 4) is 5.75 Å². The summed E-state index contributed by atoms with van der Waals surface area (Å²) >= 11 is 11.9. The third-order valence-electron chi connectivity index (χ3n) is 3.78. The molecule has 2 rings (SSSR count). The van der Waals surface area contributed by atoms with Gasteiger partial charge >= 0.3 is 6.09 Å². The molecular weight excluding hydrogens is 403 g/mol. The van der Waals surface area contributed by atoms with Gasteiger partial charge in [-0.3, -0.25) is 9.69 Å². The summed E-state index contributed by atoms with van der Waals surface area (Å²) in [4.78, 5) is 25.2. The van der Waals surface area contributed by atoms with Crippen LogP contribution in [0.1, 0.15) is 19.8 Å². The molecule has 2 aromatic rings. The van der Waals surface area contributed by atoms with Gasteiger partial charge in [-0.15, -0.1) is 0 Å². The fourth-order valence-corrected chi connectivity index (χ4v) is 2.79. The molecule has 0 saturated carbocycles. The Hall–Kier alpha value is -2.44. The minimum atomic E-state index is -0.430. The second-order valence-electron chi connectivity index (χ2n) is 5.88. The number of benzene rings is 2. The molecule has 0 radical (unpaired) electrons. The summed E-state index contributed by atoms with van der Waals surface area (Å²) in [6.07, 6.45) is 0.407. The predicted molar refractivity (Wildman–Crippen MR) is 112 cm³/mol. The maximum atomic E-state index is 12.1. The number of carbonyl (C=O) groups is 2. The topological polar surface area (TPSA) is 67.9 Å².